The van der Waals surface area contributed by atoms with Gasteiger partial charge in [0.1, 0.15) is 11.9 Å². The average Bonchev–Trinajstić information content (AvgIpc) is 2.76. The van der Waals surface area contributed by atoms with Gasteiger partial charge in [-0.1, -0.05) is 19.3 Å². The van der Waals surface area contributed by atoms with Crippen molar-refractivity contribution in [1.29, 1.82) is 0 Å². The van der Waals surface area contributed by atoms with Gasteiger partial charge in [-0.25, -0.2) is 9.59 Å². The quantitative estimate of drug-likeness (QED) is 0.609. The molecule has 4 fully saturated rings. The van der Waals surface area contributed by atoms with Gasteiger partial charge in [0.25, 0.3) is 0 Å². The average molecular weight is 417 g/mol. The Morgan fingerprint density at radius 3 is 2.03 bits per heavy atom. The highest BCUT2D eigenvalue weighted by Crippen LogP contribution is 2.31. The van der Waals surface area contributed by atoms with Crippen LogP contribution in [0.4, 0.5) is 5.69 Å². The molecule has 1 aliphatic carbocycles. The Hall–Kier alpha value is -2.54. The molecule has 0 amide bonds. The van der Waals surface area contributed by atoms with Gasteiger partial charge < -0.3 is 20.3 Å². The van der Waals surface area contributed by atoms with Crippen LogP contribution in [0.15, 0.2) is 36.4 Å². The molecule has 30 heavy (non-hydrogen) atoms. The second kappa shape index (κ2) is 11.0. The molecule has 1 aromatic rings. The predicted octanol–water partition coefficient (Wildman–Crippen LogP) is 3.62. The van der Waals surface area contributed by atoms with E-state index >= 15 is 0 Å². The number of piperidine rings is 3. The van der Waals surface area contributed by atoms with Crippen molar-refractivity contribution in [2.75, 3.05) is 25.0 Å². The maximum atomic E-state index is 9.55. The van der Waals surface area contributed by atoms with Crippen LogP contribution in [0.5, 0.6) is 5.75 Å². The van der Waals surface area contributed by atoms with Gasteiger partial charge in [-0.3, -0.25) is 4.90 Å². The molecule has 3 saturated heterocycles. The molecule has 2 bridgehead atoms. The first-order chi connectivity index (χ1) is 14.5. The zero-order valence-electron chi connectivity index (χ0n) is 17.3. The highest BCUT2D eigenvalue weighted by atomic mass is 16.5. The number of fused-ring (bicyclic) bond motifs is 3. The Balaban J connectivity index is 0.000000275. The number of carboxylic acid groups (broad SMARTS) is 2. The minimum absolute atomic E-state index is 0.402. The number of hydrogen-bond donors (Lipinski definition) is 3. The van der Waals surface area contributed by atoms with E-state index in [4.69, 9.17) is 14.9 Å². The van der Waals surface area contributed by atoms with Crippen molar-refractivity contribution < 1.29 is 24.5 Å². The Morgan fingerprint density at radius 2 is 1.53 bits per heavy atom. The molecule has 0 radical (unpaired) electrons. The van der Waals surface area contributed by atoms with E-state index in [2.05, 4.69) is 34.5 Å². The van der Waals surface area contributed by atoms with Crippen molar-refractivity contribution in [3.63, 3.8) is 0 Å². The van der Waals surface area contributed by atoms with Crippen molar-refractivity contribution in [3.8, 4) is 5.75 Å². The van der Waals surface area contributed by atoms with Crippen LogP contribution in [0, 0.1) is 5.92 Å². The second-order valence-corrected chi connectivity index (χ2v) is 8.31. The third-order valence-corrected chi connectivity index (χ3v) is 6.08. The summed E-state index contributed by atoms with van der Waals surface area (Å²) < 4.78 is 6.26. The Labute approximate surface area is 177 Å². The molecule has 3 N–H and O–H groups in total. The number of anilines is 1. The number of ether oxygens (including phenoxy) is 1. The zero-order valence-corrected chi connectivity index (χ0v) is 17.3. The van der Waals surface area contributed by atoms with Crippen LogP contribution in [0.3, 0.4) is 0 Å². The van der Waals surface area contributed by atoms with Gasteiger partial charge in [-0.2, -0.15) is 0 Å². The van der Waals surface area contributed by atoms with Crippen LogP contribution in [0.1, 0.15) is 44.9 Å². The Bertz CT molecular complexity index is 704. The van der Waals surface area contributed by atoms with Crippen LogP contribution in [-0.4, -0.2) is 58.8 Å². The summed E-state index contributed by atoms with van der Waals surface area (Å²) in [6.45, 7) is 3.66. The van der Waals surface area contributed by atoms with Crippen LogP contribution in [0.2, 0.25) is 0 Å². The SMILES string of the molecule is O=C(O)/C=C/C(=O)O.c1cc(OC2CN3CCC2CC3)ccc1NC1CCCCC1. The van der Waals surface area contributed by atoms with E-state index in [1.54, 1.807) is 0 Å². The number of carboxylic acids is 2. The lowest BCUT2D eigenvalue weighted by Crippen LogP contribution is -2.52. The molecule has 5 rings (SSSR count). The molecule has 1 unspecified atom stereocenters. The summed E-state index contributed by atoms with van der Waals surface area (Å²) in [6.07, 6.45) is 10.9. The molecule has 1 aromatic carbocycles. The minimum Gasteiger partial charge on any atom is -0.489 e. The fraction of sp³-hybridized carbons (Fsp3) is 0.565. The topological polar surface area (TPSA) is 99.1 Å². The molecule has 1 saturated carbocycles. The minimum atomic E-state index is -1.26. The fourth-order valence-corrected chi connectivity index (χ4v) is 4.47. The molecule has 3 heterocycles. The van der Waals surface area contributed by atoms with E-state index in [-0.39, 0.29) is 0 Å². The highest BCUT2D eigenvalue weighted by Gasteiger charge is 2.35. The summed E-state index contributed by atoms with van der Waals surface area (Å²) in [5, 5.41) is 19.3. The number of hydrogen-bond acceptors (Lipinski definition) is 5. The number of nitrogens with zero attached hydrogens (tertiary/aromatic N) is 1. The van der Waals surface area contributed by atoms with E-state index in [1.807, 2.05) is 0 Å². The van der Waals surface area contributed by atoms with Crippen LogP contribution in [-0.2, 0) is 9.59 Å². The van der Waals surface area contributed by atoms with Gasteiger partial charge in [-0.15, -0.1) is 0 Å². The van der Waals surface area contributed by atoms with Crippen LogP contribution in [0.25, 0.3) is 0 Å². The standard InChI is InChI=1S/C19H28N2O.C4H4O4/c1-2-4-16(5-3-1)20-17-6-8-18(9-7-17)22-19-14-21-12-10-15(19)11-13-21;5-3(6)1-2-4(7)8/h6-9,15-16,19-20H,1-5,10-14H2;1-2H,(H,5,6)(H,7,8)/b;2-1+. The van der Waals surface area contributed by atoms with Gasteiger partial charge >= 0.3 is 11.9 Å². The van der Waals surface area contributed by atoms with Gasteiger partial charge in [0.2, 0.25) is 0 Å². The molecular formula is C23H32N2O5. The van der Waals surface area contributed by atoms with Crippen LogP contribution >= 0.6 is 0 Å². The lowest BCUT2D eigenvalue weighted by Gasteiger charge is -2.44. The number of carbonyl (C=O) groups is 2. The summed E-state index contributed by atoms with van der Waals surface area (Å²) >= 11 is 0. The largest absolute Gasteiger partial charge is 0.489 e. The monoisotopic (exact) mass is 416 g/mol. The molecule has 3 aliphatic heterocycles. The van der Waals surface area contributed by atoms with Gasteiger partial charge in [0.05, 0.1) is 0 Å². The lowest BCUT2D eigenvalue weighted by atomic mass is 9.86. The maximum absolute atomic E-state index is 9.55. The summed E-state index contributed by atoms with van der Waals surface area (Å²) in [7, 11) is 0. The Kier molecular flexibility index (Phi) is 8.13. The smallest absolute Gasteiger partial charge is 0.328 e. The molecular weight excluding hydrogens is 384 g/mol. The van der Waals surface area contributed by atoms with Gasteiger partial charge in [0.15, 0.2) is 0 Å². The van der Waals surface area contributed by atoms with E-state index in [0.717, 1.165) is 18.2 Å². The van der Waals surface area contributed by atoms with Gasteiger partial charge in [0, 0.05) is 30.4 Å². The molecule has 4 aliphatic rings. The molecule has 7 heteroatoms. The highest BCUT2D eigenvalue weighted by molar-refractivity contribution is 5.89. The number of aliphatic carboxylic acids is 2. The summed E-state index contributed by atoms with van der Waals surface area (Å²) in [4.78, 5) is 21.7. The summed E-state index contributed by atoms with van der Waals surface area (Å²) in [6, 6.07) is 9.32. The van der Waals surface area contributed by atoms with Crippen molar-refractivity contribution in [3.05, 3.63) is 36.4 Å². The van der Waals surface area contributed by atoms with Crippen molar-refractivity contribution in [1.82, 2.24) is 4.90 Å². The maximum Gasteiger partial charge on any atom is 0.328 e. The third kappa shape index (κ3) is 7.06. The van der Waals surface area contributed by atoms with E-state index < -0.39 is 11.9 Å². The zero-order chi connectivity index (χ0) is 21.3. The molecule has 164 valence electrons. The number of nitrogens with one attached hydrogen (secondary N) is 1. The van der Waals surface area contributed by atoms with Crippen LogP contribution < -0.4 is 10.1 Å². The summed E-state index contributed by atoms with van der Waals surface area (Å²) in [5.41, 5.74) is 1.24. The Morgan fingerprint density at radius 1 is 0.933 bits per heavy atom. The number of benzene rings is 1. The summed E-state index contributed by atoms with van der Waals surface area (Å²) in [5.74, 6) is -0.710. The first-order valence-corrected chi connectivity index (χ1v) is 10.9. The van der Waals surface area contributed by atoms with E-state index in [1.165, 1.54) is 63.7 Å². The normalized spacial score (nSPS) is 25.9. The first kappa shape index (κ1) is 22.2. The molecule has 0 spiro atoms. The van der Waals surface area contributed by atoms with Crippen molar-refractivity contribution >= 4 is 17.6 Å². The first-order valence-electron chi connectivity index (χ1n) is 10.9. The molecule has 7 nitrogen and oxygen atoms in total. The van der Waals surface area contributed by atoms with Gasteiger partial charge in [-0.05, 0) is 69.0 Å². The lowest BCUT2D eigenvalue weighted by molar-refractivity contribution is -0.134. The van der Waals surface area contributed by atoms with Crippen molar-refractivity contribution in [2.45, 2.75) is 57.1 Å². The van der Waals surface area contributed by atoms with E-state index in [0.29, 0.717) is 24.3 Å². The van der Waals surface area contributed by atoms with Crippen molar-refractivity contribution in [2.24, 2.45) is 5.92 Å². The fourth-order valence-electron chi connectivity index (χ4n) is 4.47. The molecule has 1 atom stereocenters. The number of rotatable bonds is 6. The molecule has 0 aromatic heterocycles. The third-order valence-electron chi connectivity index (χ3n) is 6.08. The van der Waals surface area contributed by atoms with E-state index in [9.17, 15) is 9.59 Å². The second-order valence-electron chi connectivity index (χ2n) is 8.31. The predicted molar refractivity (Wildman–Crippen MR) is 115 cm³/mol.